The summed E-state index contributed by atoms with van der Waals surface area (Å²) in [6, 6.07) is 12.8. The van der Waals surface area contributed by atoms with Crippen LogP contribution in [0.4, 0.5) is 5.69 Å². The van der Waals surface area contributed by atoms with Crippen LogP contribution in [0, 0.1) is 5.92 Å². The SMILES string of the molecule is COc1cc2nccc(Oc3ccc(NC(=S)NC(=O)CC4=CCCC(C)C4)cc3)c2cc1OC. The van der Waals surface area contributed by atoms with Crippen molar-refractivity contribution in [3.63, 3.8) is 0 Å². The van der Waals surface area contributed by atoms with Gasteiger partial charge in [0.2, 0.25) is 5.91 Å². The highest BCUT2D eigenvalue weighted by atomic mass is 32.1. The number of nitrogens with one attached hydrogen (secondary N) is 2. The fourth-order valence-corrected chi connectivity index (χ4v) is 4.39. The summed E-state index contributed by atoms with van der Waals surface area (Å²) in [5.41, 5.74) is 2.67. The molecule has 1 aromatic heterocycles. The number of thiocarbonyl (C=S) groups is 1. The first-order chi connectivity index (χ1) is 16.9. The third-order valence-electron chi connectivity index (χ3n) is 5.89. The van der Waals surface area contributed by atoms with Crippen LogP contribution in [0.25, 0.3) is 10.9 Å². The van der Waals surface area contributed by atoms with Gasteiger partial charge in [0, 0.05) is 29.8 Å². The minimum Gasteiger partial charge on any atom is -0.493 e. The van der Waals surface area contributed by atoms with E-state index < -0.39 is 0 Å². The summed E-state index contributed by atoms with van der Waals surface area (Å²) in [5.74, 6) is 3.02. The molecule has 1 heterocycles. The van der Waals surface area contributed by atoms with Gasteiger partial charge in [0.1, 0.15) is 11.5 Å². The second-order valence-corrected chi connectivity index (χ2v) is 9.00. The number of rotatable bonds is 7. The molecule has 1 unspecified atom stereocenters. The number of hydrogen-bond acceptors (Lipinski definition) is 6. The fourth-order valence-electron chi connectivity index (χ4n) is 4.16. The normalized spacial score (nSPS) is 15.2. The van der Waals surface area contributed by atoms with E-state index in [-0.39, 0.29) is 11.0 Å². The van der Waals surface area contributed by atoms with Gasteiger partial charge in [-0.15, -0.1) is 0 Å². The highest BCUT2D eigenvalue weighted by molar-refractivity contribution is 7.80. The van der Waals surface area contributed by atoms with Crippen molar-refractivity contribution in [2.24, 2.45) is 5.92 Å². The predicted octanol–water partition coefficient (Wildman–Crippen LogP) is 5.99. The Morgan fingerprint density at radius 2 is 1.83 bits per heavy atom. The van der Waals surface area contributed by atoms with Crippen LogP contribution in [0.15, 0.2) is 60.3 Å². The van der Waals surface area contributed by atoms with Crippen LogP contribution in [0.5, 0.6) is 23.0 Å². The lowest BCUT2D eigenvalue weighted by molar-refractivity contribution is -0.119. The number of carbonyl (C=O) groups excluding carboxylic acids is 1. The van der Waals surface area contributed by atoms with Gasteiger partial charge in [-0.3, -0.25) is 9.78 Å². The highest BCUT2D eigenvalue weighted by Crippen LogP contribution is 2.37. The van der Waals surface area contributed by atoms with Crippen LogP contribution in [-0.2, 0) is 4.79 Å². The molecule has 3 aromatic rings. The zero-order valence-electron chi connectivity index (χ0n) is 20.1. The van der Waals surface area contributed by atoms with E-state index in [0.29, 0.717) is 35.3 Å². The Labute approximate surface area is 210 Å². The number of benzene rings is 2. The number of methoxy groups -OCH3 is 2. The maximum absolute atomic E-state index is 12.3. The van der Waals surface area contributed by atoms with Crippen molar-refractivity contribution in [3.05, 3.63) is 60.3 Å². The van der Waals surface area contributed by atoms with Crippen molar-refractivity contribution in [3.8, 4) is 23.0 Å². The van der Waals surface area contributed by atoms with E-state index >= 15 is 0 Å². The number of fused-ring (bicyclic) bond motifs is 1. The Hall–Kier alpha value is -3.65. The van der Waals surface area contributed by atoms with Crippen LogP contribution in [0.3, 0.4) is 0 Å². The van der Waals surface area contributed by atoms with Gasteiger partial charge in [0.05, 0.1) is 19.7 Å². The zero-order chi connectivity index (χ0) is 24.8. The quantitative estimate of drug-likeness (QED) is 0.310. The van der Waals surface area contributed by atoms with Gasteiger partial charge in [-0.05, 0) is 73.8 Å². The average Bonchev–Trinajstić information content (AvgIpc) is 2.84. The minimum atomic E-state index is -0.0978. The maximum Gasteiger partial charge on any atom is 0.230 e. The Balaban J connectivity index is 1.38. The van der Waals surface area contributed by atoms with Gasteiger partial charge < -0.3 is 24.8 Å². The van der Waals surface area contributed by atoms with Crippen molar-refractivity contribution < 1.29 is 19.0 Å². The van der Waals surface area contributed by atoms with Gasteiger partial charge in [-0.1, -0.05) is 18.6 Å². The maximum atomic E-state index is 12.3. The number of nitrogens with zero attached hydrogens (tertiary/aromatic N) is 1. The van der Waals surface area contributed by atoms with E-state index in [0.717, 1.165) is 29.4 Å². The number of anilines is 1. The lowest BCUT2D eigenvalue weighted by atomic mass is 9.89. The first kappa shape index (κ1) is 24.5. The number of pyridine rings is 1. The summed E-state index contributed by atoms with van der Waals surface area (Å²) >= 11 is 5.32. The highest BCUT2D eigenvalue weighted by Gasteiger charge is 2.15. The number of ether oxygens (including phenoxy) is 3. The summed E-state index contributed by atoms with van der Waals surface area (Å²) in [7, 11) is 3.18. The Morgan fingerprint density at radius 1 is 1.09 bits per heavy atom. The van der Waals surface area contributed by atoms with Crippen LogP contribution in [-0.4, -0.2) is 30.2 Å². The Kier molecular flexibility index (Phi) is 7.82. The summed E-state index contributed by atoms with van der Waals surface area (Å²) in [5, 5.41) is 6.89. The molecular formula is C27H29N3O4S. The lowest BCUT2D eigenvalue weighted by Gasteiger charge is -2.19. The summed E-state index contributed by atoms with van der Waals surface area (Å²) in [6.07, 6.45) is 7.44. The molecule has 0 saturated carbocycles. The lowest BCUT2D eigenvalue weighted by Crippen LogP contribution is -2.34. The number of carbonyl (C=O) groups is 1. The Morgan fingerprint density at radius 3 is 2.54 bits per heavy atom. The van der Waals surface area contributed by atoms with E-state index in [4.69, 9.17) is 26.4 Å². The smallest absolute Gasteiger partial charge is 0.230 e. The predicted molar refractivity (Wildman–Crippen MR) is 141 cm³/mol. The van der Waals surface area contributed by atoms with Gasteiger partial charge >= 0.3 is 0 Å². The fraction of sp³-hybridized carbons (Fsp3) is 0.296. The van der Waals surface area contributed by atoms with E-state index in [1.165, 1.54) is 12.0 Å². The van der Waals surface area contributed by atoms with E-state index in [9.17, 15) is 4.79 Å². The molecule has 0 radical (unpaired) electrons. The van der Waals surface area contributed by atoms with E-state index in [1.54, 1.807) is 26.5 Å². The summed E-state index contributed by atoms with van der Waals surface area (Å²) < 4.78 is 16.9. The van der Waals surface area contributed by atoms with Crippen molar-refractivity contribution in [1.82, 2.24) is 10.3 Å². The number of hydrogen-bond donors (Lipinski definition) is 2. The molecule has 2 aromatic carbocycles. The third-order valence-corrected chi connectivity index (χ3v) is 6.09. The third kappa shape index (κ3) is 6.27. The molecular weight excluding hydrogens is 462 g/mol. The molecule has 1 atom stereocenters. The van der Waals surface area contributed by atoms with Crippen molar-refractivity contribution in [1.29, 1.82) is 0 Å². The molecule has 0 spiro atoms. The molecule has 182 valence electrons. The van der Waals surface area contributed by atoms with Crippen molar-refractivity contribution >= 4 is 39.8 Å². The number of amides is 1. The van der Waals surface area contributed by atoms with Crippen molar-refractivity contribution in [2.45, 2.75) is 32.6 Å². The van der Waals surface area contributed by atoms with Crippen LogP contribution in [0.2, 0.25) is 0 Å². The molecule has 1 aliphatic carbocycles. The first-order valence-electron chi connectivity index (χ1n) is 11.5. The topological polar surface area (TPSA) is 81.7 Å². The largest absolute Gasteiger partial charge is 0.493 e. The molecule has 7 nitrogen and oxygen atoms in total. The van der Waals surface area contributed by atoms with E-state index in [2.05, 4.69) is 28.6 Å². The summed E-state index contributed by atoms with van der Waals surface area (Å²) in [6.45, 7) is 2.22. The zero-order valence-corrected chi connectivity index (χ0v) is 20.9. The monoisotopic (exact) mass is 491 g/mol. The van der Waals surface area contributed by atoms with Crippen molar-refractivity contribution in [2.75, 3.05) is 19.5 Å². The van der Waals surface area contributed by atoms with Crippen LogP contribution >= 0.6 is 12.2 Å². The van der Waals surface area contributed by atoms with Gasteiger partial charge in [0.25, 0.3) is 0 Å². The van der Waals surface area contributed by atoms with Gasteiger partial charge in [-0.2, -0.15) is 0 Å². The molecule has 1 aliphatic rings. The molecule has 1 amide bonds. The first-order valence-corrected chi connectivity index (χ1v) is 11.9. The molecule has 0 saturated heterocycles. The molecule has 35 heavy (non-hydrogen) atoms. The van der Waals surface area contributed by atoms with Gasteiger partial charge in [0.15, 0.2) is 16.6 Å². The molecule has 2 N–H and O–H groups in total. The van der Waals surface area contributed by atoms with Crippen LogP contribution < -0.4 is 24.8 Å². The molecule has 0 aliphatic heterocycles. The number of allylic oxidation sites excluding steroid dienone is 1. The molecule has 0 fully saturated rings. The molecule has 8 heteroatoms. The molecule has 0 bridgehead atoms. The van der Waals surface area contributed by atoms with Crippen LogP contribution in [0.1, 0.15) is 32.6 Å². The number of aromatic nitrogens is 1. The van der Waals surface area contributed by atoms with Gasteiger partial charge in [-0.25, -0.2) is 0 Å². The Bertz CT molecular complexity index is 1260. The minimum absolute atomic E-state index is 0.0978. The van der Waals surface area contributed by atoms with E-state index in [1.807, 2.05) is 36.4 Å². The second kappa shape index (κ2) is 11.2. The second-order valence-electron chi connectivity index (χ2n) is 8.59. The standard InChI is InChI=1S/C27H29N3O4S/c1-17-5-4-6-18(13-17)14-26(31)30-27(35)29-19-7-9-20(10-8-19)34-23-11-12-28-22-16-25(33-3)24(32-2)15-21(22)23/h6-12,15-17H,4-5,13-14H2,1-3H3,(H2,29,30,31,35). The molecule has 4 rings (SSSR count). The average molecular weight is 492 g/mol. The summed E-state index contributed by atoms with van der Waals surface area (Å²) in [4.78, 5) is 16.7.